The van der Waals surface area contributed by atoms with Gasteiger partial charge in [-0.2, -0.15) is 0 Å². The molecule has 0 saturated heterocycles. The van der Waals surface area contributed by atoms with Gasteiger partial charge in [-0.1, -0.05) is 129 Å². The molecule has 0 aromatic heterocycles. The maximum Gasteiger partial charge on any atom is -0.00203 e. The van der Waals surface area contributed by atoms with Crippen molar-refractivity contribution in [2.24, 2.45) is 0 Å². The van der Waals surface area contributed by atoms with E-state index in [1.807, 2.05) is 0 Å². The van der Waals surface area contributed by atoms with Crippen molar-refractivity contribution in [1.29, 1.82) is 0 Å². The van der Waals surface area contributed by atoms with E-state index < -0.39 is 6.89 Å². The van der Waals surface area contributed by atoms with Crippen molar-refractivity contribution >= 4 is 88.4 Å². The van der Waals surface area contributed by atoms with Gasteiger partial charge in [-0.3, -0.25) is 0 Å². The first-order valence-electron chi connectivity index (χ1n) is 12.7. The van der Waals surface area contributed by atoms with Crippen LogP contribution in [0.3, 0.4) is 0 Å². The number of hydrogen-bond donors (Lipinski definition) is 0. The van der Waals surface area contributed by atoms with Gasteiger partial charge < -0.3 is 0 Å². The summed E-state index contributed by atoms with van der Waals surface area (Å²) in [6, 6.07) is 41.1. The molecule has 36 heavy (non-hydrogen) atoms. The van der Waals surface area contributed by atoms with Crippen LogP contribution in [0.1, 0.15) is 6.92 Å². The smallest absolute Gasteiger partial charge is 0.00203 e. The average Bonchev–Trinajstić information content (AvgIpc) is 2.94. The van der Waals surface area contributed by atoms with E-state index in [1.165, 1.54) is 75.2 Å². The summed E-state index contributed by atoms with van der Waals surface area (Å²) >= 11 is 0. The van der Waals surface area contributed by atoms with Crippen molar-refractivity contribution in [3.05, 3.63) is 109 Å². The molecule has 0 aliphatic heterocycles. The van der Waals surface area contributed by atoms with Gasteiger partial charge in [-0.05, 0) is 81.4 Å². The average molecular weight is 477 g/mol. The van der Waals surface area contributed by atoms with Gasteiger partial charge in [-0.25, -0.2) is 0 Å². The van der Waals surface area contributed by atoms with E-state index in [0.29, 0.717) is 0 Å². The standard InChI is InChI=1S/C35H25P/c1-3-36(2,30-20-16-26-12-10-22-6-4-8-24-14-18-28(30)34(26)32(22)24)31-21-17-27-13-11-23-7-5-9-25-15-19-29(31)35(27)33(23)25/h4-21H,2-3H2,1H3. The van der Waals surface area contributed by atoms with Gasteiger partial charge in [0.15, 0.2) is 0 Å². The molecule has 1 heteroatoms. The minimum atomic E-state index is -1.92. The maximum atomic E-state index is 5.10. The lowest BCUT2D eigenvalue weighted by atomic mass is 9.94. The van der Waals surface area contributed by atoms with Gasteiger partial charge in [0.25, 0.3) is 0 Å². The van der Waals surface area contributed by atoms with Crippen LogP contribution >= 0.6 is 6.89 Å². The SMILES string of the molecule is C=P(CC)(c1ccc2ccc3cccc4ccc1c2c34)c1ccc2ccc3cccc4ccc1c2c34. The lowest BCUT2D eigenvalue weighted by molar-refractivity contribution is 1.51. The summed E-state index contributed by atoms with van der Waals surface area (Å²) in [7, 11) is 0. The lowest BCUT2D eigenvalue weighted by Gasteiger charge is -2.29. The van der Waals surface area contributed by atoms with E-state index in [4.69, 9.17) is 6.30 Å². The van der Waals surface area contributed by atoms with Crippen LogP contribution in [0, 0.1) is 0 Å². The van der Waals surface area contributed by atoms with Crippen LogP contribution in [0.15, 0.2) is 109 Å². The molecule has 8 aromatic rings. The van der Waals surface area contributed by atoms with Crippen LogP contribution in [0.2, 0.25) is 0 Å². The molecular formula is C35H25P. The Kier molecular flexibility index (Phi) is 4.01. The molecule has 0 aliphatic carbocycles. The molecule has 0 fully saturated rings. The normalized spacial score (nSPS) is 12.8. The van der Waals surface area contributed by atoms with Crippen molar-refractivity contribution in [3.63, 3.8) is 0 Å². The van der Waals surface area contributed by atoms with Crippen LogP contribution in [0.25, 0.3) is 64.6 Å². The summed E-state index contributed by atoms with van der Waals surface area (Å²) in [6.07, 6.45) is 6.13. The van der Waals surface area contributed by atoms with Crippen LogP contribution in [0.5, 0.6) is 0 Å². The Morgan fingerprint density at radius 2 is 0.778 bits per heavy atom. The summed E-state index contributed by atoms with van der Waals surface area (Å²) in [4.78, 5) is 0. The molecule has 0 spiro atoms. The van der Waals surface area contributed by atoms with E-state index >= 15 is 0 Å². The highest BCUT2D eigenvalue weighted by molar-refractivity contribution is 7.88. The molecule has 0 amide bonds. The van der Waals surface area contributed by atoms with Crippen molar-refractivity contribution in [2.75, 3.05) is 6.16 Å². The van der Waals surface area contributed by atoms with Crippen molar-refractivity contribution in [1.82, 2.24) is 0 Å². The summed E-state index contributed by atoms with van der Waals surface area (Å²) in [5, 5.41) is 19.0. The van der Waals surface area contributed by atoms with Crippen LogP contribution in [-0.4, -0.2) is 12.5 Å². The third kappa shape index (κ3) is 2.50. The molecule has 0 saturated carbocycles. The van der Waals surface area contributed by atoms with Crippen molar-refractivity contribution in [3.8, 4) is 0 Å². The largest absolute Gasteiger partial charge is 0.0926 e. The fraction of sp³-hybridized carbons (Fsp3) is 0.0571. The maximum absolute atomic E-state index is 5.10. The molecular weight excluding hydrogens is 451 g/mol. The second-order valence-electron chi connectivity index (χ2n) is 10.2. The molecule has 0 atom stereocenters. The molecule has 0 N–H and O–H groups in total. The predicted molar refractivity (Wildman–Crippen MR) is 164 cm³/mol. The van der Waals surface area contributed by atoms with Crippen LogP contribution in [-0.2, 0) is 0 Å². The first-order valence-corrected chi connectivity index (χ1v) is 14.9. The van der Waals surface area contributed by atoms with Crippen LogP contribution in [0.4, 0.5) is 0 Å². The zero-order chi connectivity index (χ0) is 24.0. The predicted octanol–water partition coefficient (Wildman–Crippen LogP) is 8.90. The Morgan fingerprint density at radius 1 is 0.444 bits per heavy atom. The Labute approximate surface area is 210 Å². The van der Waals surface area contributed by atoms with Crippen molar-refractivity contribution in [2.45, 2.75) is 6.92 Å². The summed E-state index contributed by atoms with van der Waals surface area (Å²) in [6.45, 7) is 0.408. The third-order valence-corrected chi connectivity index (χ3v) is 12.2. The molecule has 0 aliphatic rings. The Morgan fingerprint density at radius 3 is 1.17 bits per heavy atom. The van der Waals surface area contributed by atoms with E-state index in [2.05, 4.69) is 116 Å². The van der Waals surface area contributed by atoms with Gasteiger partial charge in [0.1, 0.15) is 0 Å². The Balaban J connectivity index is 1.50. The molecule has 0 nitrogen and oxygen atoms in total. The second kappa shape index (κ2) is 7.10. The summed E-state index contributed by atoms with van der Waals surface area (Å²) in [5.74, 6) is 0. The van der Waals surface area contributed by atoms with E-state index in [9.17, 15) is 0 Å². The molecule has 8 rings (SSSR count). The first-order chi connectivity index (χ1) is 17.7. The molecule has 0 heterocycles. The van der Waals surface area contributed by atoms with Gasteiger partial charge >= 0.3 is 0 Å². The van der Waals surface area contributed by atoms with Crippen molar-refractivity contribution < 1.29 is 0 Å². The highest BCUT2D eigenvalue weighted by Gasteiger charge is 2.25. The van der Waals surface area contributed by atoms with Gasteiger partial charge in [-0.15, -0.1) is 0 Å². The molecule has 8 aromatic carbocycles. The zero-order valence-corrected chi connectivity index (χ0v) is 21.1. The summed E-state index contributed by atoms with van der Waals surface area (Å²) < 4.78 is 0. The first kappa shape index (κ1) is 20.3. The van der Waals surface area contributed by atoms with Crippen LogP contribution < -0.4 is 10.6 Å². The quantitative estimate of drug-likeness (QED) is 0.176. The number of rotatable bonds is 3. The fourth-order valence-electron chi connectivity index (χ4n) is 6.66. The monoisotopic (exact) mass is 476 g/mol. The van der Waals surface area contributed by atoms with Gasteiger partial charge in [0.05, 0.1) is 0 Å². The molecule has 170 valence electrons. The number of hydrogen-bond acceptors (Lipinski definition) is 0. The topological polar surface area (TPSA) is 0 Å². The Bertz CT molecular complexity index is 1980. The van der Waals surface area contributed by atoms with E-state index in [1.54, 1.807) is 0 Å². The van der Waals surface area contributed by atoms with E-state index in [0.717, 1.165) is 6.16 Å². The zero-order valence-electron chi connectivity index (χ0n) is 20.3. The third-order valence-electron chi connectivity index (χ3n) is 8.47. The van der Waals surface area contributed by atoms with Gasteiger partial charge in [0, 0.05) is 0 Å². The minimum absolute atomic E-state index is 1.03. The Hall–Kier alpha value is -3.86. The molecule has 0 unspecified atom stereocenters. The fourth-order valence-corrected chi connectivity index (χ4v) is 9.61. The molecule has 0 radical (unpaired) electrons. The molecule has 0 bridgehead atoms. The highest BCUT2D eigenvalue weighted by atomic mass is 31.2. The van der Waals surface area contributed by atoms with Gasteiger partial charge in [0.2, 0.25) is 0 Å². The second-order valence-corrected chi connectivity index (χ2v) is 13.7. The lowest BCUT2D eigenvalue weighted by Crippen LogP contribution is -2.20. The highest BCUT2D eigenvalue weighted by Crippen LogP contribution is 2.49. The number of benzene rings is 8. The minimum Gasteiger partial charge on any atom is -0.0926 e. The summed E-state index contributed by atoms with van der Waals surface area (Å²) in [5.41, 5.74) is 0. The van der Waals surface area contributed by atoms with E-state index in [-0.39, 0.29) is 0 Å².